The van der Waals surface area contributed by atoms with Crippen LogP contribution in [0.15, 0.2) is 42.5 Å². The van der Waals surface area contributed by atoms with Crippen LogP contribution in [0.2, 0.25) is 0 Å². The molecule has 0 amide bonds. The van der Waals surface area contributed by atoms with Crippen molar-refractivity contribution in [3.05, 3.63) is 65.0 Å². The van der Waals surface area contributed by atoms with E-state index in [9.17, 15) is 0 Å². The van der Waals surface area contributed by atoms with Gasteiger partial charge in [-0.25, -0.2) is 4.68 Å². The fraction of sp³-hybridized carbons (Fsp3) is 0.381. The van der Waals surface area contributed by atoms with E-state index >= 15 is 0 Å². The van der Waals surface area contributed by atoms with Crippen LogP contribution in [0.1, 0.15) is 28.9 Å². The molecule has 2 aromatic heterocycles. The van der Waals surface area contributed by atoms with Crippen molar-refractivity contribution in [2.45, 2.75) is 32.3 Å². The topological polar surface area (TPSA) is 56.1 Å². The fourth-order valence-electron chi connectivity index (χ4n) is 4.41. The van der Waals surface area contributed by atoms with Crippen molar-refractivity contribution >= 4 is 5.82 Å². The number of hydrogen-bond acceptors (Lipinski definition) is 5. The van der Waals surface area contributed by atoms with Crippen molar-refractivity contribution in [3.63, 3.8) is 0 Å². The van der Waals surface area contributed by atoms with E-state index in [1.54, 1.807) is 0 Å². The Bertz CT molecular complexity index is 976. The van der Waals surface area contributed by atoms with E-state index in [0.717, 1.165) is 49.0 Å². The number of ether oxygens (including phenoxy) is 1. The molecule has 0 radical (unpaired) electrons. The Labute approximate surface area is 158 Å². The first-order valence-corrected chi connectivity index (χ1v) is 9.49. The number of benzene rings is 1. The highest BCUT2D eigenvalue weighted by Gasteiger charge is 2.43. The molecule has 1 unspecified atom stereocenters. The third kappa shape index (κ3) is 2.72. The van der Waals surface area contributed by atoms with Gasteiger partial charge in [0.25, 0.3) is 0 Å². The number of aromatic nitrogens is 4. The van der Waals surface area contributed by atoms with Crippen LogP contribution in [-0.4, -0.2) is 39.7 Å². The fourth-order valence-corrected chi connectivity index (χ4v) is 4.41. The average Bonchev–Trinajstić information content (AvgIpc) is 3.22. The van der Waals surface area contributed by atoms with Gasteiger partial charge >= 0.3 is 0 Å². The molecule has 138 valence electrons. The highest BCUT2D eigenvalue weighted by Crippen LogP contribution is 2.42. The van der Waals surface area contributed by atoms with Crippen LogP contribution in [0.5, 0.6) is 0 Å². The van der Waals surface area contributed by atoms with Crippen molar-refractivity contribution in [2.75, 3.05) is 24.6 Å². The summed E-state index contributed by atoms with van der Waals surface area (Å²) in [5, 5.41) is 13.4. The van der Waals surface area contributed by atoms with E-state index in [4.69, 9.17) is 4.74 Å². The minimum atomic E-state index is -0.217. The Morgan fingerprint density at radius 2 is 1.85 bits per heavy atom. The quantitative estimate of drug-likeness (QED) is 0.702. The Hall–Kier alpha value is -2.73. The smallest absolute Gasteiger partial charge is 0.176 e. The van der Waals surface area contributed by atoms with Crippen molar-refractivity contribution in [1.29, 1.82) is 0 Å². The molecule has 3 aromatic rings. The van der Waals surface area contributed by atoms with E-state index in [2.05, 4.69) is 44.5 Å². The van der Waals surface area contributed by atoms with Gasteiger partial charge in [-0.1, -0.05) is 24.3 Å². The van der Waals surface area contributed by atoms with Crippen LogP contribution >= 0.6 is 0 Å². The normalized spacial score (nSPS) is 21.6. The van der Waals surface area contributed by atoms with Crippen molar-refractivity contribution in [2.24, 2.45) is 0 Å². The largest absolute Gasteiger partial charge is 0.367 e. The van der Waals surface area contributed by atoms with Gasteiger partial charge < -0.3 is 9.64 Å². The van der Waals surface area contributed by atoms with Crippen LogP contribution in [0.3, 0.4) is 0 Å². The Morgan fingerprint density at radius 3 is 2.63 bits per heavy atom. The van der Waals surface area contributed by atoms with Gasteiger partial charge in [-0.2, -0.15) is 5.10 Å². The maximum Gasteiger partial charge on any atom is 0.176 e. The zero-order valence-corrected chi connectivity index (χ0v) is 15.7. The lowest BCUT2D eigenvalue weighted by Gasteiger charge is -2.41. The Balaban J connectivity index is 1.41. The lowest BCUT2D eigenvalue weighted by molar-refractivity contribution is -0.0594. The van der Waals surface area contributed by atoms with Gasteiger partial charge in [0, 0.05) is 12.2 Å². The summed E-state index contributed by atoms with van der Waals surface area (Å²) in [5.41, 5.74) is 4.56. The maximum atomic E-state index is 6.31. The number of nitrogens with zero attached hydrogens (tertiary/aromatic N) is 5. The Kier molecular flexibility index (Phi) is 3.75. The van der Waals surface area contributed by atoms with E-state index in [0.29, 0.717) is 6.61 Å². The van der Waals surface area contributed by atoms with Gasteiger partial charge in [-0.3, -0.25) is 0 Å². The number of rotatable bonds is 2. The van der Waals surface area contributed by atoms with E-state index < -0.39 is 0 Å². The van der Waals surface area contributed by atoms with E-state index in [-0.39, 0.29) is 5.60 Å². The second-order valence-corrected chi connectivity index (χ2v) is 7.51. The van der Waals surface area contributed by atoms with Crippen LogP contribution in [-0.2, 0) is 16.8 Å². The average molecular weight is 361 g/mol. The van der Waals surface area contributed by atoms with Gasteiger partial charge in [-0.05, 0) is 56.0 Å². The zero-order chi connectivity index (χ0) is 18.4. The second-order valence-electron chi connectivity index (χ2n) is 7.51. The molecule has 27 heavy (non-hydrogen) atoms. The maximum absolute atomic E-state index is 6.31. The molecule has 3 heterocycles. The molecule has 5 rings (SSSR count). The van der Waals surface area contributed by atoms with Crippen LogP contribution in [0.25, 0.3) is 5.82 Å². The summed E-state index contributed by atoms with van der Waals surface area (Å²) in [7, 11) is 0. The lowest BCUT2D eigenvalue weighted by atomic mass is 9.93. The van der Waals surface area contributed by atoms with Gasteiger partial charge in [0.1, 0.15) is 5.60 Å². The third-order valence-electron chi connectivity index (χ3n) is 5.68. The van der Waals surface area contributed by atoms with Gasteiger partial charge in [0.05, 0.1) is 18.8 Å². The highest BCUT2D eigenvalue weighted by molar-refractivity contribution is 5.45. The molecule has 1 aliphatic heterocycles. The first kappa shape index (κ1) is 16.4. The molecule has 1 aromatic carbocycles. The predicted octanol–water partition coefficient (Wildman–Crippen LogP) is 2.96. The van der Waals surface area contributed by atoms with Crippen LogP contribution in [0, 0.1) is 13.8 Å². The Morgan fingerprint density at radius 1 is 1.04 bits per heavy atom. The standard InChI is InChI=1S/C21H23N5O/c1-15-13-16(2)26(24-15)20-8-7-19(22-23-20)25-11-12-27-21(14-25)10-9-17-5-3-4-6-18(17)21/h3-8,13H,9-12,14H2,1-2H3. The monoisotopic (exact) mass is 361 g/mol. The molecular formula is C21H23N5O. The first-order valence-electron chi connectivity index (χ1n) is 9.49. The molecule has 1 fully saturated rings. The van der Waals surface area contributed by atoms with Gasteiger partial charge in [0.15, 0.2) is 11.6 Å². The zero-order valence-electron chi connectivity index (χ0n) is 15.7. The summed E-state index contributed by atoms with van der Waals surface area (Å²) < 4.78 is 8.15. The molecule has 0 N–H and O–H groups in total. The SMILES string of the molecule is Cc1cc(C)n(-c2ccc(N3CCOC4(CCc5ccccc54)C3)nn2)n1. The number of aryl methyl sites for hydroxylation is 3. The van der Waals surface area contributed by atoms with Gasteiger partial charge in [-0.15, -0.1) is 10.2 Å². The summed E-state index contributed by atoms with van der Waals surface area (Å²) in [5.74, 6) is 1.64. The minimum absolute atomic E-state index is 0.217. The summed E-state index contributed by atoms with van der Waals surface area (Å²) in [6.07, 6.45) is 2.10. The number of morpholine rings is 1. The number of anilines is 1. The number of fused-ring (bicyclic) bond motifs is 2. The molecule has 1 aliphatic carbocycles. The van der Waals surface area contributed by atoms with Crippen molar-refractivity contribution in [3.8, 4) is 5.82 Å². The molecular weight excluding hydrogens is 338 g/mol. The lowest BCUT2D eigenvalue weighted by Crippen LogP contribution is -2.49. The highest BCUT2D eigenvalue weighted by atomic mass is 16.5. The van der Waals surface area contributed by atoms with E-state index in [1.807, 2.05) is 36.7 Å². The van der Waals surface area contributed by atoms with Crippen molar-refractivity contribution in [1.82, 2.24) is 20.0 Å². The summed E-state index contributed by atoms with van der Waals surface area (Å²) in [6, 6.07) is 14.7. The van der Waals surface area contributed by atoms with E-state index in [1.165, 1.54) is 11.1 Å². The first-order chi connectivity index (χ1) is 13.1. The van der Waals surface area contributed by atoms with Gasteiger partial charge in [0.2, 0.25) is 0 Å². The number of hydrogen-bond donors (Lipinski definition) is 0. The minimum Gasteiger partial charge on any atom is -0.367 e. The van der Waals surface area contributed by atoms with Crippen LogP contribution in [0.4, 0.5) is 5.82 Å². The molecule has 1 saturated heterocycles. The predicted molar refractivity (Wildman–Crippen MR) is 103 cm³/mol. The summed E-state index contributed by atoms with van der Waals surface area (Å²) >= 11 is 0. The second kappa shape index (κ2) is 6.16. The molecule has 6 heteroatoms. The summed E-state index contributed by atoms with van der Waals surface area (Å²) in [6.45, 7) is 6.36. The molecule has 0 saturated carbocycles. The molecule has 0 bridgehead atoms. The molecule has 1 spiro atoms. The van der Waals surface area contributed by atoms with Crippen LogP contribution < -0.4 is 4.90 Å². The summed E-state index contributed by atoms with van der Waals surface area (Å²) in [4.78, 5) is 2.30. The molecule has 6 nitrogen and oxygen atoms in total. The molecule has 1 atom stereocenters. The van der Waals surface area contributed by atoms with Crippen molar-refractivity contribution < 1.29 is 4.74 Å². The third-order valence-corrected chi connectivity index (χ3v) is 5.68. The molecule has 2 aliphatic rings.